The SMILES string of the molecule is CCc1nnc(NC(=O)CSc2nc3ccc(OC)cc3cc2C)s1. The van der Waals surface area contributed by atoms with Crippen molar-refractivity contribution >= 4 is 45.0 Å². The summed E-state index contributed by atoms with van der Waals surface area (Å²) in [7, 11) is 1.64. The maximum Gasteiger partial charge on any atom is 0.236 e. The molecule has 3 rings (SSSR count). The second-order valence-corrected chi connectivity index (χ2v) is 7.39. The lowest BCUT2D eigenvalue weighted by atomic mass is 10.1. The topological polar surface area (TPSA) is 77.0 Å². The number of nitrogens with zero attached hydrogens (tertiary/aromatic N) is 3. The fourth-order valence-electron chi connectivity index (χ4n) is 2.25. The summed E-state index contributed by atoms with van der Waals surface area (Å²) in [5, 5.41) is 14.0. The molecule has 0 aliphatic rings. The molecule has 0 bridgehead atoms. The molecular weight excluding hydrogens is 356 g/mol. The molecule has 0 aliphatic heterocycles. The van der Waals surface area contributed by atoms with E-state index in [1.807, 2.05) is 32.0 Å². The predicted molar refractivity (Wildman–Crippen MR) is 102 cm³/mol. The van der Waals surface area contributed by atoms with Crippen molar-refractivity contribution in [2.24, 2.45) is 0 Å². The van der Waals surface area contributed by atoms with Crippen molar-refractivity contribution in [1.29, 1.82) is 0 Å². The summed E-state index contributed by atoms with van der Waals surface area (Å²) in [6.45, 7) is 4.00. The maximum absolute atomic E-state index is 12.1. The Hall–Kier alpha value is -2.19. The number of rotatable bonds is 6. The van der Waals surface area contributed by atoms with Crippen molar-refractivity contribution in [2.75, 3.05) is 18.2 Å². The molecular formula is C17H18N4O2S2. The van der Waals surface area contributed by atoms with Crippen molar-refractivity contribution in [3.63, 3.8) is 0 Å². The zero-order valence-corrected chi connectivity index (χ0v) is 15.8. The van der Waals surface area contributed by atoms with Crippen LogP contribution in [0.1, 0.15) is 17.5 Å². The fraction of sp³-hybridized carbons (Fsp3) is 0.294. The van der Waals surface area contributed by atoms with Crippen LogP contribution in [0.4, 0.5) is 5.13 Å². The molecule has 0 atom stereocenters. The number of aromatic nitrogens is 3. The van der Waals surface area contributed by atoms with Crippen molar-refractivity contribution < 1.29 is 9.53 Å². The molecule has 2 aromatic heterocycles. The Labute approximate surface area is 154 Å². The van der Waals surface area contributed by atoms with Crippen molar-refractivity contribution in [1.82, 2.24) is 15.2 Å². The van der Waals surface area contributed by atoms with Crippen LogP contribution in [0, 0.1) is 6.92 Å². The smallest absolute Gasteiger partial charge is 0.236 e. The summed E-state index contributed by atoms with van der Waals surface area (Å²) in [4.78, 5) is 16.8. The molecule has 0 saturated heterocycles. The number of aryl methyl sites for hydroxylation is 2. The van der Waals surface area contributed by atoms with Crippen LogP contribution < -0.4 is 10.1 Å². The van der Waals surface area contributed by atoms with Crippen molar-refractivity contribution in [2.45, 2.75) is 25.3 Å². The lowest BCUT2D eigenvalue weighted by Gasteiger charge is -2.08. The highest BCUT2D eigenvalue weighted by Gasteiger charge is 2.11. The lowest BCUT2D eigenvalue weighted by molar-refractivity contribution is -0.113. The minimum atomic E-state index is -0.111. The number of carbonyl (C=O) groups excluding carboxylic acids is 1. The predicted octanol–water partition coefficient (Wildman–Crippen LogP) is 3.70. The van der Waals surface area contributed by atoms with Gasteiger partial charge >= 0.3 is 0 Å². The van der Waals surface area contributed by atoms with Crippen molar-refractivity contribution in [3.8, 4) is 5.75 Å². The van der Waals surface area contributed by atoms with Crippen LogP contribution in [0.15, 0.2) is 29.3 Å². The number of fused-ring (bicyclic) bond motifs is 1. The highest BCUT2D eigenvalue weighted by Crippen LogP contribution is 2.27. The first-order valence-corrected chi connectivity index (χ1v) is 9.59. The number of hydrogen-bond donors (Lipinski definition) is 1. The molecule has 2 heterocycles. The number of anilines is 1. The van der Waals surface area contributed by atoms with Gasteiger partial charge < -0.3 is 4.74 Å². The molecule has 8 heteroatoms. The minimum absolute atomic E-state index is 0.111. The molecule has 0 aliphatic carbocycles. The second-order valence-electron chi connectivity index (χ2n) is 5.36. The Kier molecular flexibility index (Phi) is 5.50. The monoisotopic (exact) mass is 374 g/mol. The van der Waals surface area contributed by atoms with Gasteiger partial charge in [0.1, 0.15) is 15.8 Å². The molecule has 1 N–H and O–H groups in total. The van der Waals surface area contributed by atoms with E-state index >= 15 is 0 Å². The molecule has 0 fully saturated rings. The average molecular weight is 374 g/mol. The molecule has 130 valence electrons. The molecule has 6 nitrogen and oxygen atoms in total. The Balaban J connectivity index is 1.67. The van der Waals surface area contributed by atoms with E-state index in [0.717, 1.165) is 38.7 Å². The average Bonchev–Trinajstić information content (AvgIpc) is 3.07. The van der Waals surface area contributed by atoms with Gasteiger partial charge in [-0.15, -0.1) is 10.2 Å². The summed E-state index contributed by atoms with van der Waals surface area (Å²) in [6, 6.07) is 7.82. The Morgan fingerprint density at radius 1 is 1.32 bits per heavy atom. The van der Waals surface area contributed by atoms with E-state index in [0.29, 0.717) is 5.13 Å². The van der Waals surface area contributed by atoms with Gasteiger partial charge in [0.05, 0.1) is 18.4 Å². The number of amides is 1. The first-order chi connectivity index (χ1) is 12.1. The van der Waals surface area contributed by atoms with Crippen LogP contribution in [0.25, 0.3) is 10.9 Å². The quantitative estimate of drug-likeness (QED) is 0.663. The third-order valence-electron chi connectivity index (χ3n) is 3.52. The summed E-state index contributed by atoms with van der Waals surface area (Å²) in [5.74, 6) is 0.966. The van der Waals surface area contributed by atoms with Crippen LogP contribution in [-0.2, 0) is 11.2 Å². The van der Waals surface area contributed by atoms with E-state index in [-0.39, 0.29) is 11.7 Å². The number of pyridine rings is 1. The number of benzene rings is 1. The largest absolute Gasteiger partial charge is 0.497 e. The number of nitrogens with one attached hydrogen (secondary N) is 1. The van der Waals surface area contributed by atoms with Gasteiger partial charge in [0, 0.05) is 5.39 Å². The molecule has 0 spiro atoms. The van der Waals surface area contributed by atoms with E-state index in [9.17, 15) is 4.79 Å². The first kappa shape index (κ1) is 17.6. The Morgan fingerprint density at radius 3 is 2.88 bits per heavy atom. The standard InChI is InChI=1S/C17H18N4O2S2/c1-4-15-20-21-17(25-15)19-14(22)9-24-16-10(2)7-11-8-12(23-3)5-6-13(11)18-16/h5-8H,4,9H2,1-3H3,(H,19,21,22). The van der Waals surface area contributed by atoms with Crippen LogP contribution in [-0.4, -0.2) is 34.0 Å². The highest BCUT2D eigenvalue weighted by molar-refractivity contribution is 8.00. The minimum Gasteiger partial charge on any atom is -0.497 e. The summed E-state index contributed by atoms with van der Waals surface area (Å²) in [6.07, 6.45) is 0.813. The van der Waals surface area contributed by atoms with E-state index in [4.69, 9.17) is 4.74 Å². The van der Waals surface area contributed by atoms with E-state index in [1.165, 1.54) is 23.1 Å². The normalized spacial score (nSPS) is 10.8. The third-order valence-corrected chi connectivity index (χ3v) is 5.60. The zero-order valence-electron chi connectivity index (χ0n) is 14.2. The van der Waals surface area contributed by atoms with Crippen LogP contribution in [0.5, 0.6) is 5.75 Å². The molecule has 0 saturated carbocycles. The van der Waals surface area contributed by atoms with Gasteiger partial charge in [-0.2, -0.15) is 0 Å². The zero-order chi connectivity index (χ0) is 17.8. The summed E-state index contributed by atoms with van der Waals surface area (Å²) in [5.41, 5.74) is 1.91. The van der Waals surface area contributed by atoms with Crippen LogP contribution in [0.3, 0.4) is 0 Å². The van der Waals surface area contributed by atoms with Crippen molar-refractivity contribution in [3.05, 3.63) is 34.8 Å². The Bertz CT molecular complexity index is 911. The number of thioether (sulfide) groups is 1. The molecule has 3 aromatic rings. The van der Waals surface area contributed by atoms with E-state index in [1.54, 1.807) is 7.11 Å². The van der Waals surface area contributed by atoms with Gasteiger partial charge in [-0.1, -0.05) is 30.0 Å². The second kappa shape index (κ2) is 7.79. The fourth-order valence-corrected chi connectivity index (χ4v) is 3.74. The van der Waals surface area contributed by atoms with Crippen LogP contribution in [0.2, 0.25) is 0 Å². The Morgan fingerprint density at radius 2 is 2.16 bits per heavy atom. The van der Waals surface area contributed by atoms with E-state index in [2.05, 4.69) is 26.6 Å². The van der Waals surface area contributed by atoms with Gasteiger partial charge in [0.25, 0.3) is 0 Å². The van der Waals surface area contributed by atoms with Gasteiger partial charge in [-0.05, 0) is 43.2 Å². The van der Waals surface area contributed by atoms with Gasteiger partial charge in [0.15, 0.2) is 0 Å². The number of ether oxygens (including phenoxy) is 1. The first-order valence-electron chi connectivity index (χ1n) is 7.79. The number of hydrogen-bond acceptors (Lipinski definition) is 7. The molecule has 1 aromatic carbocycles. The molecule has 25 heavy (non-hydrogen) atoms. The van der Waals surface area contributed by atoms with Crippen LogP contribution >= 0.6 is 23.1 Å². The lowest BCUT2D eigenvalue weighted by Crippen LogP contribution is -2.14. The van der Waals surface area contributed by atoms with Gasteiger partial charge in [0.2, 0.25) is 11.0 Å². The number of carbonyl (C=O) groups is 1. The summed E-state index contributed by atoms with van der Waals surface area (Å²) < 4.78 is 5.24. The molecule has 1 amide bonds. The highest BCUT2D eigenvalue weighted by atomic mass is 32.2. The maximum atomic E-state index is 12.1. The van der Waals surface area contributed by atoms with E-state index < -0.39 is 0 Å². The van der Waals surface area contributed by atoms with Gasteiger partial charge in [-0.25, -0.2) is 4.98 Å². The van der Waals surface area contributed by atoms with Gasteiger partial charge in [-0.3, -0.25) is 10.1 Å². The molecule has 0 unspecified atom stereocenters. The third kappa shape index (κ3) is 4.26. The molecule has 0 radical (unpaired) electrons. The summed E-state index contributed by atoms with van der Waals surface area (Å²) >= 11 is 2.81. The number of methoxy groups -OCH3 is 1.